The summed E-state index contributed by atoms with van der Waals surface area (Å²) in [5, 5.41) is 11.1. The fourth-order valence-corrected chi connectivity index (χ4v) is 2.61. The topological polar surface area (TPSA) is 38.7 Å². The molecule has 0 aromatic heterocycles. The van der Waals surface area contributed by atoms with Crippen LogP contribution in [-0.2, 0) is 6.42 Å². The third-order valence-corrected chi connectivity index (χ3v) is 3.68. The minimum atomic E-state index is -0.127. The Morgan fingerprint density at radius 2 is 2.14 bits per heavy atom. The van der Waals surface area contributed by atoms with E-state index in [1.807, 2.05) is 6.07 Å². The van der Waals surface area contributed by atoms with Crippen LogP contribution in [-0.4, -0.2) is 18.5 Å². The van der Waals surface area contributed by atoms with Crippen molar-refractivity contribution >= 4 is 10.8 Å². The van der Waals surface area contributed by atoms with Gasteiger partial charge in [0.15, 0.2) is 11.5 Å². The lowest BCUT2D eigenvalue weighted by atomic mass is 9.97. The van der Waals surface area contributed by atoms with Gasteiger partial charge in [0.2, 0.25) is 6.79 Å². The smallest absolute Gasteiger partial charge is 0.231 e. The maximum Gasteiger partial charge on any atom is 0.231 e. The summed E-state index contributed by atoms with van der Waals surface area (Å²) in [4.78, 5) is 0. The lowest BCUT2D eigenvalue weighted by Gasteiger charge is -2.09. The third-order valence-electron chi connectivity index (χ3n) is 3.68. The first kappa shape index (κ1) is 13.8. The number of hydrogen-bond donors (Lipinski definition) is 1. The Morgan fingerprint density at radius 3 is 2.95 bits per heavy atom. The summed E-state index contributed by atoms with van der Waals surface area (Å²) in [5.41, 5.74) is 2.19. The van der Waals surface area contributed by atoms with Gasteiger partial charge < -0.3 is 14.6 Å². The lowest BCUT2D eigenvalue weighted by Crippen LogP contribution is -1.94. The highest BCUT2D eigenvalue weighted by Crippen LogP contribution is 2.40. The maximum absolute atomic E-state index is 8.94. The van der Waals surface area contributed by atoms with Gasteiger partial charge in [0.1, 0.15) is 6.61 Å². The fraction of sp³-hybridized carbons (Fsp3) is 0.333. The molecule has 0 saturated carbocycles. The molecule has 3 rings (SSSR count). The Kier molecular flexibility index (Phi) is 3.98. The van der Waals surface area contributed by atoms with Crippen LogP contribution in [0.15, 0.2) is 24.3 Å². The quantitative estimate of drug-likeness (QED) is 0.878. The zero-order chi connectivity index (χ0) is 14.7. The van der Waals surface area contributed by atoms with Crippen LogP contribution >= 0.6 is 0 Å². The van der Waals surface area contributed by atoms with E-state index in [0.29, 0.717) is 0 Å². The summed E-state index contributed by atoms with van der Waals surface area (Å²) < 4.78 is 11.0. The van der Waals surface area contributed by atoms with Crippen molar-refractivity contribution in [1.29, 1.82) is 0 Å². The molecule has 0 amide bonds. The van der Waals surface area contributed by atoms with Gasteiger partial charge in [-0.3, -0.25) is 0 Å². The number of hydrogen-bond acceptors (Lipinski definition) is 3. The van der Waals surface area contributed by atoms with E-state index in [2.05, 4.69) is 37.0 Å². The van der Waals surface area contributed by atoms with E-state index in [1.54, 1.807) is 0 Å². The molecule has 0 bridgehead atoms. The van der Waals surface area contributed by atoms with Crippen molar-refractivity contribution in [2.75, 3.05) is 13.4 Å². The zero-order valence-corrected chi connectivity index (χ0v) is 12.1. The Bertz CT molecular complexity index is 723. The van der Waals surface area contributed by atoms with Crippen LogP contribution < -0.4 is 9.47 Å². The number of fused-ring (bicyclic) bond motifs is 3. The Balaban J connectivity index is 2.15. The highest BCUT2D eigenvalue weighted by molar-refractivity contribution is 5.93. The number of ether oxygens (including phenoxy) is 2. The van der Waals surface area contributed by atoms with Crippen molar-refractivity contribution in [1.82, 2.24) is 0 Å². The molecular formula is C18H18O3. The number of rotatable bonds is 3. The number of aliphatic hydroxyl groups is 1. The fourth-order valence-electron chi connectivity index (χ4n) is 2.61. The molecule has 21 heavy (non-hydrogen) atoms. The molecule has 3 heteroatoms. The average molecular weight is 282 g/mol. The summed E-state index contributed by atoms with van der Waals surface area (Å²) >= 11 is 0. The standard InChI is InChI=1S/C18H18O3/c1-2-3-5-13-10-15-7-8-17-18(21-12-20-17)16(15)11-14(13)6-4-9-19/h7-8,10-11,19H,2-3,5,9,12H2,1H3. The van der Waals surface area contributed by atoms with Crippen LogP contribution in [0.4, 0.5) is 0 Å². The molecule has 0 spiro atoms. The maximum atomic E-state index is 8.94. The lowest BCUT2D eigenvalue weighted by molar-refractivity contribution is 0.175. The first-order chi connectivity index (χ1) is 10.3. The second-order valence-corrected chi connectivity index (χ2v) is 5.09. The molecule has 108 valence electrons. The Hall–Kier alpha value is -2.18. The molecule has 1 aliphatic rings. The van der Waals surface area contributed by atoms with Gasteiger partial charge in [-0.2, -0.15) is 0 Å². The first-order valence-electron chi connectivity index (χ1n) is 7.28. The van der Waals surface area contributed by atoms with Crippen molar-refractivity contribution in [3.63, 3.8) is 0 Å². The van der Waals surface area contributed by atoms with Gasteiger partial charge in [-0.25, -0.2) is 0 Å². The first-order valence-corrected chi connectivity index (χ1v) is 7.28. The highest BCUT2D eigenvalue weighted by atomic mass is 16.7. The number of aliphatic hydroxyl groups excluding tert-OH is 1. The number of benzene rings is 2. The van der Waals surface area contributed by atoms with Gasteiger partial charge in [-0.15, -0.1) is 0 Å². The number of aryl methyl sites for hydroxylation is 1. The van der Waals surface area contributed by atoms with E-state index in [4.69, 9.17) is 14.6 Å². The second-order valence-electron chi connectivity index (χ2n) is 5.09. The zero-order valence-electron chi connectivity index (χ0n) is 12.1. The van der Waals surface area contributed by atoms with Gasteiger partial charge in [-0.1, -0.05) is 31.3 Å². The molecule has 2 aromatic carbocycles. The van der Waals surface area contributed by atoms with Crippen molar-refractivity contribution in [2.24, 2.45) is 0 Å². The second kappa shape index (κ2) is 6.07. The predicted molar refractivity (Wildman–Crippen MR) is 82.6 cm³/mol. The Morgan fingerprint density at radius 1 is 1.24 bits per heavy atom. The van der Waals surface area contributed by atoms with Gasteiger partial charge >= 0.3 is 0 Å². The van der Waals surface area contributed by atoms with Crippen molar-refractivity contribution in [3.05, 3.63) is 35.4 Å². The van der Waals surface area contributed by atoms with Gasteiger partial charge in [0, 0.05) is 10.9 Å². The average Bonchev–Trinajstić information content (AvgIpc) is 2.99. The van der Waals surface area contributed by atoms with Crippen LogP contribution in [0, 0.1) is 11.8 Å². The summed E-state index contributed by atoms with van der Waals surface area (Å²) in [6.07, 6.45) is 3.27. The van der Waals surface area contributed by atoms with Gasteiger partial charge in [0.25, 0.3) is 0 Å². The summed E-state index contributed by atoms with van der Waals surface area (Å²) in [6, 6.07) is 8.24. The molecule has 0 unspecified atom stereocenters. The molecule has 1 aliphatic heterocycles. The molecule has 0 aliphatic carbocycles. The normalized spacial score (nSPS) is 12.3. The summed E-state index contributed by atoms with van der Waals surface area (Å²) in [5.74, 6) is 7.38. The third kappa shape index (κ3) is 2.68. The Labute approximate surface area is 124 Å². The largest absolute Gasteiger partial charge is 0.454 e. The molecule has 1 N–H and O–H groups in total. The molecule has 0 radical (unpaired) electrons. The molecule has 0 saturated heterocycles. The minimum absolute atomic E-state index is 0.127. The number of unbranched alkanes of at least 4 members (excludes halogenated alkanes) is 1. The molecular weight excluding hydrogens is 264 g/mol. The highest BCUT2D eigenvalue weighted by Gasteiger charge is 2.17. The predicted octanol–water partition coefficient (Wildman–Crippen LogP) is 3.25. The molecule has 3 nitrogen and oxygen atoms in total. The van der Waals surface area contributed by atoms with E-state index in [0.717, 1.165) is 47.1 Å². The summed E-state index contributed by atoms with van der Waals surface area (Å²) in [6.45, 7) is 2.32. The molecule has 1 heterocycles. The van der Waals surface area contributed by atoms with Crippen LogP contribution in [0.5, 0.6) is 11.5 Å². The van der Waals surface area contributed by atoms with Crippen LogP contribution in [0.2, 0.25) is 0 Å². The van der Waals surface area contributed by atoms with Gasteiger partial charge in [0.05, 0.1) is 0 Å². The van der Waals surface area contributed by atoms with E-state index < -0.39 is 0 Å². The summed E-state index contributed by atoms with van der Waals surface area (Å²) in [7, 11) is 0. The van der Waals surface area contributed by atoms with Crippen molar-refractivity contribution < 1.29 is 14.6 Å². The van der Waals surface area contributed by atoms with Crippen molar-refractivity contribution in [2.45, 2.75) is 26.2 Å². The van der Waals surface area contributed by atoms with Crippen LogP contribution in [0.3, 0.4) is 0 Å². The van der Waals surface area contributed by atoms with Crippen LogP contribution in [0.1, 0.15) is 30.9 Å². The molecule has 0 atom stereocenters. The van der Waals surface area contributed by atoms with E-state index in [-0.39, 0.29) is 13.4 Å². The van der Waals surface area contributed by atoms with E-state index >= 15 is 0 Å². The van der Waals surface area contributed by atoms with Crippen LogP contribution in [0.25, 0.3) is 10.8 Å². The van der Waals surface area contributed by atoms with E-state index in [1.165, 1.54) is 5.56 Å². The molecule has 2 aromatic rings. The van der Waals surface area contributed by atoms with Crippen molar-refractivity contribution in [3.8, 4) is 23.3 Å². The minimum Gasteiger partial charge on any atom is -0.454 e. The van der Waals surface area contributed by atoms with E-state index in [9.17, 15) is 0 Å². The monoisotopic (exact) mass is 282 g/mol. The van der Waals surface area contributed by atoms with Gasteiger partial charge in [-0.05, 0) is 42.0 Å². The molecule has 0 fully saturated rings. The SMILES string of the molecule is CCCCc1cc2ccc3c(c2cc1C#CCO)OCO3.